The molecule has 2 fully saturated rings. The number of thioether (sulfide) groups is 1. The molecule has 1 atom stereocenters. The minimum Gasteiger partial charge on any atom is -0.377 e. The lowest BCUT2D eigenvalue weighted by Gasteiger charge is -2.27. The highest BCUT2D eigenvalue weighted by molar-refractivity contribution is 7.99. The van der Waals surface area contributed by atoms with Crippen molar-refractivity contribution in [2.24, 2.45) is 5.92 Å². The lowest BCUT2D eigenvalue weighted by atomic mass is 9.87. The Morgan fingerprint density at radius 3 is 2.71 bits per heavy atom. The molecule has 0 aromatic carbocycles. The molecular formula is C14H27NOS. The van der Waals surface area contributed by atoms with E-state index in [4.69, 9.17) is 4.74 Å². The van der Waals surface area contributed by atoms with Crippen molar-refractivity contribution in [3.63, 3.8) is 0 Å². The lowest BCUT2D eigenvalue weighted by molar-refractivity contribution is 0.129. The summed E-state index contributed by atoms with van der Waals surface area (Å²) in [4.78, 5) is 0. The third kappa shape index (κ3) is 5.19. The largest absolute Gasteiger partial charge is 0.377 e. The van der Waals surface area contributed by atoms with Crippen molar-refractivity contribution in [2.45, 2.75) is 57.6 Å². The summed E-state index contributed by atoms with van der Waals surface area (Å²) in [7, 11) is 0. The van der Waals surface area contributed by atoms with Crippen molar-refractivity contribution in [1.82, 2.24) is 5.32 Å². The van der Waals surface area contributed by atoms with Gasteiger partial charge in [0.2, 0.25) is 0 Å². The Bertz CT molecular complexity index is 198. The second-order valence-corrected chi connectivity index (χ2v) is 6.77. The predicted octanol–water partition coefficient (Wildman–Crippen LogP) is 3.07. The van der Waals surface area contributed by atoms with E-state index in [1.165, 1.54) is 56.6 Å². The Balaban J connectivity index is 1.43. The first-order chi connectivity index (χ1) is 8.34. The molecule has 0 amide bonds. The van der Waals surface area contributed by atoms with Crippen molar-refractivity contribution >= 4 is 11.8 Å². The number of rotatable bonds is 6. The SMILES string of the molecule is CC1CCC(NCCSCC2CCCO2)CC1. The summed E-state index contributed by atoms with van der Waals surface area (Å²) in [5.74, 6) is 3.40. The highest BCUT2D eigenvalue weighted by Crippen LogP contribution is 2.23. The van der Waals surface area contributed by atoms with Crippen molar-refractivity contribution in [3.05, 3.63) is 0 Å². The molecule has 0 bridgehead atoms. The van der Waals surface area contributed by atoms with Crippen molar-refractivity contribution in [3.8, 4) is 0 Å². The smallest absolute Gasteiger partial charge is 0.0666 e. The van der Waals surface area contributed by atoms with Gasteiger partial charge in [-0.05, 0) is 44.4 Å². The highest BCUT2D eigenvalue weighted by Gasteiger charge is 2.17. The summed E-state index contributed by atoms with van der Waals surface area (Å²) in [6.45, 7) is 4.55. The Hall–Kier alpha value is 0.270. The molecule has 1 unspecified atom stereocenters. The molecule has 1 N–H and O–H groups in total. The molecule has 0 spiro atoms. The second-order valence-electron chi connectivity index (χ2n) is 5.62. The maximum atomic E-state index is 5.62. The zero-order chi connectivity index (χ0) is 11.9. The van der Waals surface area contributed by atoms with Crippen LogP contribution in [0.4, 0.5) is 0 Å². The average molecular weight is 257 g/mol. The molecule has 100 valence electrons. The van der Waals surface area contributed by atoms with Crippen LogP contribution in [0.1, 0.15) is 45.4 Å². The third-order valence-corrected chi connectivity index (χ3v) is 5.12. The monoisotopic (exact) mass is 257 g/mol. The quantitative estimate of drug-likeness (QED) is 0.739. The molecule has 0 aromatic rings. The van der Waals surface area contributed by atoms with E-state index in [2.05, 4.69) is 24.0 Å². The standard InChI is InChI=1S/C14H27NOS/c1-12-4-6-13(7-5-12)15-8-10-17-11-14-3-2-9-16-14/h12-15H,2-11H2,1H3. The molecule has 17 heavy (non-hydrogen) atoms. The first-order valence-corrected chi connectivity index (χ1v) is 8.43. The Kier molecular flexibility index (Phi) is 6.16. The van der Waals surface area contributed by atoms with Gasteiger partial charge in [0.25, 0.3) is 0 Å². The van der Waals surface area contributed by atoms with Gasteiger partial charge in [0.05, 0.1) is 6.10 Å². The molecule has 1 saturated carbocycles. The van der Waals surface area contributed by atoms with Crippen LogP contribution in [0.2, 0.25) is 0 Å². The Morgan fingerprint density at radius 2 is 2.00 bits per heavy atom. The highest BCUT2D eigenvalue weighted by atomic mass is 32.2. The van der Waals surface area contributed by atoms with Crippen molar-refractivity contribution in [1.29, 1.82) is 0 Å². The molecule has 1 aliphatic carbocycles. The molecule has 2 rings (SSSR count). The van der Waals surface area contributed by atoms with Gasteiger partial charge in [-0.25, -0.2) is 0 Å². The summed E-state index contributed by atoms with van der Waals surface area (Å²) in [5, 5.41) is 3.71. The summed E-state index contributed by atoms with van der Waals surface area (Å²) >= 11 is 2.05. The topological polar surface area (TPSA) is 21.3 Å². The van der Waals surface area contributed by atoms with E-state index in [0.29, 0.717) is 6.10 Å². The first-order valence-electron chi connectivity index (χ1n) is 7.27. The van der Waals surface area contributed by atoms with Crippen LogP contribution in [0.3, 0.4) is 0 Å². The lowest BCUT2D eigenvalue weighted by Crippen LogP contribution is -2.34. The van der Waals surface area contributed by atoms with Gasteiger partial charge in [-0.15, -0.1) is 0 Å². The van der Waals surface area contributed by atoms with Gasteiger partial charge in [0.1, 0.15) is 0 Å². The van der Waals surface area contributed by atoms with E-state index in [1.54, 1.807) is 0 Å². The summed E-state index contributed by atoms with van der Waals surface area (Å²) < 4.78 is 5.62. The molecular weight excluding hydrogens is 230 g/mol. The number of hydrogen-bond donors (Lipinski definition) is 1. The van der Waals surface area contributed by atoms with Gasteiger partial charge in [-0.1, -0.05) is 6.92 Å². The fourth-order valence-electron chi connectivity index (χ4n) is 2.79. The Morgan fingerprint density at radius 1 is 1.18 bits per heavy atom. The molecule has 1 saturated heterocycles. The molecule has 1 heterocycles. The molecule has 2 nitrogen and oxygen atoms in total. The van der Waals surface area contributed by atoms with E-state index in [1.807, 2.05) is 0 Å². The summed E-state index contributed by atoms with van der Waals surface area (Å²) in [6.07, 6.45) is 8.71. The molecule has 2 aliphatic rings. The van der Waals surface area contributed by atoms with E-state index >= 15 is 0 Å². The maximum absolute atomic E-state index is 5.62. The van der Waals surface area contributed by atoms with Crippen LogP contribution in [0.5, 0.6) is 0 Å². The van der Waals surface area contributed by atoms with Crippen molar-refractivity contribution < 1.29 is 4.74 Å². The van der Waals surface area contributed by atoms with E-state index in [-0.39, 0.29) is 0 Å². The van der Waals surface area contributed by atoms with Gasteiger partial charge in [0.15, 0.2) is 0 Å². The van der Waals surface area contributed by atoms with Crippen LogP contribution >= 0.6 is 11.8 Å². The van der Waals surface area contributed by atoms with E-state index < -0.39 is 0 Å². The van der Waals surface area contributed by atoms with Crippen LogP contribution in [-0.2, 0) is 4.74 Å². The summed E-state index contributed by atoms with van der Waals surface area (Å²) in [5.41, 5.74) is 0. The summed E-state index contributed by atoms with van der Waals surface area (Å²) in [6, 6.07) is 0.800. The molecule has 1 aliphatic heterocycles. The zero-order valence-electron chi connectivity index (χ0n) is 11.1. The van der Waals surface area contributed by atoms with Gasteiger partial charge < -0.3 is 10.1 Å². The molecule has 0 radical (unpaired) electrons. The molecule has 0 aromatic heterocycles. The van der Waals surface area contributed by atoms with Crippen molar-refractivity contribution in [2.75, 3.05) is 24.7 Å². The van der Waals surface area contributed by atoms with Gasteiger partial charge in [0, 0.05) is 30.7 Å². The normalized spacial score (nSPS) is 34.1. The third-order valence-electron chi connectivity index (χ3n) is 4.02. The van der Waals surface area contributed by atoms with Crippen LogP contribution in [-0.4, -0.2) is 36.8 Å². The van der Waals surface area contributed by atoms with Crippen LogP contribution in [0, 0.1) is 5.92 Å². The Labute approximate surface area is 110 Å². The number of hydrogen-bond acceptors (Lipinski definition) is 3. The van der Waals surface area contributed by atoms with Gasteiger partial charge >= 0.3 is 0 Å². The average Bonchev–Trinajstić information content (AvgIpc) is 2.84. The number of ether oxygens (including phenoxy) is 1. The predicted molar refractivity (Wildman–Crippen MR) is 75.7 cm³/mol. The fraction of sp³-hybridized carbons (Fsp3) is 1.00. The van der Waals surface area contributed by atoms with Crippen LogP contribution in [0.25, 0.3) is 0 Å². The van der Waals surface area contributed by atoms with Crippen LogP contribution < -0.4 is 5.32 Å². The van der Waals surface area contributed by atoms with E-state index in [9.17, 15) is 0 Å². The van der Waals surface area contributed by atoms with Crippen LogP contribution in [0.15, 0.2) is 0 Å². The van der Waals surface area contributed by atoms with Gasteiger partial charge in [-0.3, -0.25) is 0 Å². The fourth-order valence-corrected chi connectivity index (χ4v) is 3.74. The van der Waals surface area contributed by atoms with E-state index in [0.717, 1.165) is 18.6 Å². The maximum Gasteiger partial charge on any atom is 0.0666 e. The zero-order valence-corrected chi connectivity index (χ0v) is 11.9. The number of nitrogens with one attached hydrogen (secondary N) is 1. The first kappa shape index (κ1) is 13.7. The second kappa shape index (κ2) is 7.65. The minimum atomic E-state index is 0.551. The minimum absolute atomic E-state index is 0.551. The molecule has 3 heteroatoms. The van der Waals surface area contributed by atoms with Gasteiger partial charge in [-0.2, -0.15) is 11.8 Å².